The Morgan fingerprint density at radius 3 is 2.30 bits per heavy atom. The first-order valence-corrected chi connectivity index (χ1v) is 7.15. The summed E-state index contributed by atoms with van der Waals surface area (Å²) in [6.45, 7) is 7.67. The molecular weight excluding hydrogens is 267 g/mol. The van der Waals surface area contributed by atoms with Gasteiger partial charge in [0, 0.05) is 6.54 Å². The van der Waals surface area contributed by atoms with Gasteiger partial charge in [-0.15, -0.1) is 0 Å². The highest BCUT2D eigenvalue weighted by molar-refractivity contribution is 5.80. The number of hydrogen-bond acceptors (Lipinski definition) is 2. The molecule has 20 heavy (non-hydrogen) atoms. The van der Waals surface area contributed by atoms with E-state index in [0.717, 1.165) is 19.3 Å². The molecule has 3 nitrogen and oxygen atoms in total. The zero-order valence-electron chi connectivity index (χ0n) is 12.6. The summed E-state index contributed by atoms with van der Waals surface area (Å²) in [5.74, 6) is -2.09. The van der Waals surface area contributed by atoms with Gasteiger partial charge in [0.2, 0.25) is 0 Å². The highest BCUT2D eigenvalue weighted by Gasteiger charge is 2.43. The van der Waals surface area contributed by atoms with Crippen molar-refractivity contribution in [2.24, 2.45) is 23.0 Å². The molecule has 1 aliphatic rings. The number of likely N-dealkylation sites (tertiary alicyclic amines) is 1. The second-order valence-corrected chi connectivity index (χ2v) is 6.84. The molecule has 0 radical (unpaired) electrons. The van der Waals surface area contributed by atoms with Crippen molar-refractivity contribution in [3.8, 4) is 0 Å². The first-order chi connectivity index (χ1) is 9.01. The lowest BCUT2D eigenvalue weighted by Gasteiger charge is -2.30. The lowest BCUT2D eigenvalue weighted by molar-refractivity contribution is -0.160. The summed E-state index contributed by atoms with van der Waals surface area (Å²) in [6, 6.07) is 0. The van der Waals surface area contributed by atoms with Crippen LogP contribution in [0.1, 0.15) is 40.0 Å². The van der Waals surface area contributed by atoms with E-state index in [4.69, 9.17) is 11.1 Å². The molecule has 1 rings (SSSR count). The van der Waals surface area contributed by atoms with E-state index in [0.29, 0.717) is 19.0 Å². The Morgan fingerprint density at radius 1 is 1.25 bits per heavy atom. The minimum atomic E-state index is -4.43. The van der Waals surface area contributed by atoms with E-state index in [2.05, 4.69) is 20.8 Å². The zero-order chi connectivity index (χ0) is 15.6. The Hall–Kier alpha value is -0.780. The van der Waals surface area contributed by atoms with E-state index in [1.165, 1.54) is 0 Å². The molecule has 0 aliphatic carbocycles. The first-order valence-electron chi connectivity index (χ1n) is 7.15. The maximum Gasteiger partial charge on any atom is 0.399 e. The summed E-state index contributed by atoms with van der Waals surface area (Å²) in [5, 5.41) is 7.15. The fourth-order valence-electron chi connectivity index (χ4n) is 2.84. The highest BCUT2D eigenvalue weighted by Crippen LogP contribution is 2.35. The number of halogens is 3. The number of nitrogens with zero attached hydrogens (tertiary/aromatic N) is 1. The van der Waals surface area contributed by atoms with Crippen LogP contribution in [0.15, 0.2) is 0 Å². The molecule has 0 spiro atoms. The van der Waals surface area contributed by atoms with Crippen molar-refractivity contribution in [1.82, 2.24) is 4.90 Å². The first kappa shape index (κ1) is 17.3. The number of rotatable bonds is 3. The molecule has 0 bridgehead atoms. The minimum Gasteiger partial charge on any atom is -0.387 e. The molecule has 0 aromatic carbocycles. The van der Waals surface area contributed by atoms with Crippen LogP contribution < -0.4 is 5.73 Å². The van der Waals surface area contributed by atoms with Gasteiger partial charge in [-0.1, -0.05) is 20.8 Å². The summed E-state index contributed by atoms with van der Waals surface area (Å²) >= 11 is 0. The molecule has 2 unspecified atom stereocenters. The normalized spacial score (nSPS) is 24.2. The number of nitrogens with two attached hydrogens (primary N) is 1. The summed E-state index contributed by atoms with van der Waals surface area (Å²) in [6.07, 6.45) is -1.56. The molecule has 0 amide bonds. The van der Waals surface area contributed by atoms with Crippen LogP contribution in [-0.2, 0) is 0 Å². The summed E-state index contributed by atoms with van der Waals surface area (Å²) in [4.78, 5) is 1.81. The van der Waals surface area contributed by atoms with Crippen molar-refractivity contribution in [3.05, 3.63) is 0 Å². The third-order valence-corrected chi connectivity index (χ3v) is 4.26. The molecular formula is C14H26F3N3. The van der Waals surface area contributed by atoms with Gasteiger partial charge in [-0.3, -0.25) is 5.41 Å². The van der Waals surface area contributed by atoms with Gasteiger partial charge < -0.3 is 10.6 Å². The molecule has 1 fully saturated rings. The summed E-state index contributed by atoms with van der Waals surface area (Å²) < 4.78 is 38.5. The van der Waals surface area contributed by atoms with E-state index < -0.39 is 17.9 Å². The monoisotopic (exact) mass is 293 g/mol. The van der Waals surface area contributed by atoms with Crippen molar-refractivity contribution in [2.45, 2.75) is 46.2 Å². The second-order valence-electron chi connectivity index (χ2n) is 6.84. The molecule has 0 saturated carbocycles. The Bertz CT molecular complexity index is 334. The molecule has 3 N–H and O–H groups in total. The van der Waals surface area contributed by atoms with Gasteiger partial charge in [0.25, 0.3) is 0 Å². The van der Waals surface area contributed by atoms with Crippen LogP contribution >= 0.6 is 0 Å². The predicted octanol–water partition coefficient (Wildman–Crippen LogP) is 3.25. The van der Waals surface area contributed by atoms with E-state index in [1.54, 1.807) is 0 Å². The van der Waals surface area contributed by atoms with E-state index in [-0.39, 0.29) is 12.0 Å². The van der Waals surface area contributed by atoms with Crippen LogP contribution in [0.5, 0.6) is 0 Å². The number of hydrogen-bond donors (Lipinski definition) is 2. The van der Waals surface area contributed by atoms with E-state index in [1.807, 2.05) is 4.90 Å². The Morgan fingerprint density at radius 2 is 1.85 bits per heavy atom. The third kappa shape index (κ3) is 4.96. The molecule has 1 heterocycles. The van der Waals surface area contributed by atoms with Crippen LogP contribution in [0, 0.1) is 22.7 Å². The van der Waals surface area contributed by atoms with Crippen molar-refractivity contribution < 1.29 is 13.2 Å². The van der Waals surface area contributed by atoms with E-state index in [9.17, 15) is 13.2 Å². The SMILES string of the molecule is CC(C)(C)C1CCCN(CC(C(=N)N)C(F)(F)F)CC1. The van der Waals surface area contributed by atoms with Crippen LogP contribution in [0.2, 0.25) is 0 Å². The molecule has 1 saturated heterocycles. The second kappa shape index (κ2) is 6.33. The lowest BCUT2D eigenvalue weighted by atomic mass is 9.77. The van der Waals surface area contributed by atoms with Gasteiger partial charge in [-0.2, -0.15) is 13.2 Å². The highest BCUT2D eigenvalue weighted by atomic mass is 19.4. The molecule has 0 aromatic rings. The van der Waals surface area contributed by atoms with Gasteiger partial charge in [0.05, 0.1) is 0 Å². The van der Waals surface area contributed by atoms with Gasteiger partial charge in [-0.05, 0) is 43.7 Å². The van der Waals surface area contributed by atoms with Crippen molar-refractivity contribution in [2.75, 3.05) is 19.6 Å². The Balaban J connectivity index is 2.63. The maximum atomic E-state index is 12.8. The Labute approximate surface area is 119 Å². The average Bonchev–Trinajstić information content (AvgIpc) is 2.48. The quantitative estimate of drug-likeness (QED) is 0.620. The zero-order valence-corrected chi connectivity index (χ0v) is 12.6. The molecule has 0 aromatic heterocycles. The van der Waals surface area contributed by atoms with Gasteiger partial charge in [0.15, 0.2) is 0 Å². The van der Waals surface area contributed by atoms with Crippen LogP contribution in [0.4, 0.5) is 13.2 Å². The fraction of sp³-hybridized carbons (Fsp3) is 0.929. The minimum absolute atomic E-state index is 0.185. The molecule has 2 atom stereocenters. The number of nitrogens with one attached hydrogen (secondary N) is 1. The van der Waals surface area contributed by atoms with Crippen molar-refractivity contribution >= 4 is 5.84 Å². The van der Waals surface area contributed by atoms with Gasteiger partial charge >= 0.3 is 6.18 Å². The average molecular weight is 293 g/mol. The molecule has 1 aliphatic heterocycles. The summed E-state index contributed by atoms with van der Waals surface area (Å²) in [5.41, 5.74) is 5.31. The van der Waals surface area contributed by atoms with Crippen LogP contribution in [0.3, 0.4) is 0 Å². The lowest BCUT2D eigenvalue weighted by Crippen LogP contribution is -2.44. The van der Waals surface area contributed by atoms with E-state index >= 15 is 0 Å². The van der Waals surface area contributed by atoms with Crippen LogP contribution in [-0.4, -0.2) is 36.5 Å². The van der Waals surface area contributed by atoms with Gasteiger partial charge in [0.1, 0.15) is 11.8 Å². The maximum absolute atomic E-state index is 12.8. The number of alkyl halides is 3. The Kier molecular flexibility index (Phi) is 5.46. The summed E-state index contributed by atoms with van der Waals surface area (Å²) in [7, 11) is 0. The topological polar surface area (TPSA) is 53.1 Å². The predicted molar refractivity (Wildman–Crippen MR) is 74.7 cm³/mol. The third-order valence-electron chi connectivity index (χ3n) is 4.26. The standard InChI is InChI=1S/C14H26F3N3/c1-13(2,3)10-5-4-7-20(8-6-10)9-11(12(18)19)14(15,16)17/h10-11H,4-9H2,1-3H3,(H3,18,19). The molecule has 118 valence electrons. The van der Waals surface area contributed by atoms with Crippen LogP contribution in [0.25, 0.3) is 0 Å². The largest absolute Gasteiger partial charge is 0.399 e. The van der Waals surface area contributed by atoms with Gasteiger partial charge in [-0.25, -0.2) is 0 Å². The molecule has 6 heteroatoms. The van der Waals surface area contributed by atoms with Crippen molar-refractivity contribution in [1.29, 1.82) is 5.41 Å². The smallest absolute Gasteiger partial charge is 0.387 e. The van der Waals surface area contributed by atoms with Crippen molar-refractivity contribution in [3.63, 3.8) is 0 Å². The number of amidine groups is 1. The fourth-order valence-corrected chi connectivity index (χ4v) is 2.84.